The van der Waals surface area contributed by atoms with E-state index >= 15 is 0 Å². The van der Waals surface area contributed by atoms with E-state index in [4.69, 9.17) is 5.73 Å². The standard InChI is InChI=1S/C16H26N2O/c17-3-4-18-15(19)16(1-2-16)14-12-6-10-5-11(8-12)9-13(14)7-10/h10-14H,1-9,17H2,(H,18,19). The van der Waals surface area contributed by atoms with Crippen LogP contribution in [0.1, 0.15) is 44.9 Å². The van der Waals surface area contributed by atoms with E-state index in [-0.39, 0.29) is 5.41 Å². The van der Waals surface area contributed by atoms with Crippen LogP contribution in [0.5, 0.6) is 0 Å². The zero-order chi connectivity index (χ0) is 13.0. The summed E-state index contributed by atoms with van der Waals surface area (Å²) in [5, 5.41) is 3.08. The lowest BCUT2D eigenvalue weighted by Gasteiger charge is -2.56. The maximum atomic E-state index is 12.5. The Hall–Kier alpha value is -0.570. The summed E-state index contributed by atoms with van der Waals surface area (Å²) in [7, 11) is 0. The Morgan fingerprint density at radius 2 is 1.63 bits per heavy atom. The SMILES string of the molecule is NCCNC(=O)C1(C2C3CC4CC(C3)CC2C4)CC1. The van der Waals surface area contributed by atoms with E-state index in [1.54, 1.807) is 0 Å². The molecule has 5 aliphatic carbocycles. The lowest BCUT2D eigenvalue weighted by Crippen LogP contribution is -2.52. The maximum Gasteiger partial charge on any atom is 0.226 e. The molecule has 0 unspecified atom stereocenters. The summed E-state index contributed by atoms with van der Waals surface area (Å²) < 4.78 is 0. The Morgan fingerprint density at radius 1 is 1.05 bits per heavy atom. The third kappa shape index (κ3) is 1.77. The first-order chi connectivity index (χ1) is 9.23. The molecule has 4 bridgehead atoms. The van der Waals surface area contributed by atoms with Gasteiger partial charge in [0.2, 0.25) is 5.91 Å². The Kier molecular flexibility index (Phi) is 2.70. The van der Waals surface area contributed by atoms with Crippen LogP contribution in [0, 0.1) is 35.0 Å². The van der Waals surface area contributed by atoms with E-state index in [9.17, 15) is 4.79 Å². The zero-order valence-electron chi connectivity index (χ0n) is 11.7. The van der Waals surface area contributed by atoms with Crippen LogP contribution < -0.4 is 11.1 Å². The highest BCUT2D eigenvalue weighted by molar-refractivity contribution is 5.85. The van der Waals surface area contributed by atoms with Gasteiger partial charge in [-0.15, -0.1) is 0 Å². The van der Waals surface area contributed by atoms with Crippen molar-refractivity contribution in [2.24, 2.45) is 40.7 Å². The summed E-state index contributed by atoms with van der Waals surface area (Å²) in [4.78, 5) is 12.5. The summed E-state index contributed by atoms with van der Waals surface area (Å²) >= 11 is 0. The first-order valence-electron chi connectivity index (χ1n) is 8.21. The average molecular weight is 262 g/mol. The smallest absolute Gasteiger partial charge is 0.226 e. The monoisotopic (exact) mass is 262 g/mol. The molecule has 5 rings (SSSR count). The second-order valence-corrected chi connectivity index (χ2v) is 7.66. The molecule has 0 saturated heterocycles. The number of hydrogen-bond acceptors (Lipinski definition) is 2. The van der Waals surface area contributed by atoms with Gasteiger partial charge in [0.05, 0.1) is 5.41 Å². The highest BCUT2D eigenvalue weighted by Gasteiger charge is 2.63. The molecule has 0 aromatic rings. The number of nitrogens with one attached hydrogen (secondary N) is 1. The average Bonchev–Trinajstić information content (AvgIpc) is 3.16. The first kappa shape index (κ1) is 12.2. The van der Waals surface area contributed by atoms with Crippen molar-refractivity contribution in [3.8, 4) is 0 Å². The summed E-state index contributed by atoms with van der Waals surface area (Å²) in [6.45, 7) is 1.21. The molecule has 106 valence electrons. The van der Waals surface area contributed by atoms with Crippen molar-refractivity contribution in [3.63, 3.8) is 0 Å². The van der Waals surface area contributed by atoms with Crippen molar-refractivity contribution in [2.45, 2.75) is 44.9 Å². The van der Waals surface area contributed by atoms with Gasteiger partial charge in [0, 0.05) is 13.1 Å². The van der Waals surface area contributed by atoms with Crippen LogP contribution in [0.4, 0.5) is 0 Å². The molecule has 3 nitrogen and oxygen atoms in total. The van der Waals surface area contributed by atoms with Crippen LogP contribution in [0.25, 0.3) is 0 Å². The predicted octanol–water partition coefficient (Wildman–Crippen LogP) is 1.91. The molecule has 0 atom stereocenters. The molecule has 0 radical (unpaired) electrons. The second-order valence-electron chi connectivity index (χ2n) is 7.66. The van der Waals surface area contributed by atoms with Crippen molar-refractivity contribution >= 4 is 5.91 Å². The number of rotatable bonds is 4. The highest BCUT2D eigenvalue weighted by Crippen LogP contribution is 2.67. The van der Waals surface area contributed by atoms with Crippen molar-refractivity contribution in [1.82, 2.24) is 5.32 Å². The molecule has 5 fully saturated rings. The number of nitrogens with two attached hydrogens (primary N) is 1. The highest BCUT2D eigenvalue weighted by atomic mass is 16.2. The Bertz CT molecular complexity index is 360. The van der Waals surface area contributed by atoms with Crippen molar-refractivity contribution in [3.05, 3.63) is 0 Å². The quantitative estimate of drug-likeness (QED) is 0.813. The largest absolute Gasteiger partial charge is 0.354 e. The number of amides is 1. The maximum absolute atomic E-state index is 12.5. The van der Waals surface area contributed by atoms with Gasteiger partial charge in [0.15, 0.2) is 0 Å². The first-order valence-corrected chi connectivity index (χ1v) is 8.21. The lowest BCUT2D eigenvalue weighted by molar-refractivity contribution is -0.137. The molecule has 3 heteroatoms. The summed E-state index contributed by atoms with van der Waals surface area (Å²) in [5.41, 5.74) is 5.55. The van der Waals surface area contributed by atoms with Gasteiger partial charge in [0.25, 0.3) is 0 Å². The van der Waals surface area contributed by atoms with Gasteiger partial charge >= 0.3 is 0 Å². The van der Waals surface area contributed by atoms with Gasteiger partial charge in [-0.3, -0.25) is 4.79 Å². The van der Waals surface area contributed by atoms with Crippen LogP contribution in [0.2, 0.25) is 0 Å². The van der Waals surface area contributed by atoms with E-state index in [2.05, 4.69) is 5.32 Å². The van der Waals surface area contributed by atoms with Gasteiger partial charge < -0.3 is 11.1 Å². The predicted molar refractivity (Wildman–Crippen MR) is 74.3 cm³/mol. The van der Waals surface area contributed by atoms with Crippen molar-refractivity contribution in [1.29, 1.82) is 0 Å². The summed E-state index contributed by atoms with van der Waals surface area (Å²) in [6, 6.07) is 0. The second kappa shape index (κ2) is 4.21. The van der Waals surface area contributed by atoms with E-state index in [0.29, 0.717) is 24.9 Å². The van der Waals surface area contributed by atoms with Crippen LogP contribution in [-0.2, 0) is 4.79 Å². The van der Waals surface area contributed by atoms with Crippen molar-refractivity contribution in [2.75, 3.05) is 13.1 Å². The van der Waals surface area contributed by atoms with Gasteiger partial charge in [-0.1, -0.05) is 0 Å². The fourth-order valence-electron chi connectivity index (χ4n) is 6.04. The van der Waals surface area contributed by atoms with Crippen LogP contribution in [-0.4, -0.2) is 19.0 Å². The van der Waals surface area contributed by atoms with E-state index < -0.39 is 0 Å². The third-order valence-electron chi connectivity index (χ3n) is 6.54. The minimum Gasteiger partial charge on any atom is -0.354 e. The normalized spacial score (nSPS) is 45.2. The molecule has 5 aliphatic rings. The fourth-order valence-corrected chi connectivity index (χ4v) is 6.04. The third-order valence-corrected chi connectivity index (χ3v) is 6.54. The topological polar surface area (TPSA) is 55.1 Å². The molecular weight excluding hydrogens is 236 g/mol. The molecule has 5 saturated carbocycles. The molecule has 0 aliphatic heterocycles. The Balaban J connectivity index is 1.54. The molecule has 0 aromatic carbocycles. The van der Waals surface area contributed by atoms with Crippen molar-refractivity contribution < 1.29 is 4.79 Å². The molecular formula is C16H26N2O. The summed E-state index contributed by atoms with van der Waals surface area (Å²) in [5.74, 6) is 4.77. The Morgan fingerprint density at radius 3 is 2.11 bits per heavy atom. The fraction of sp³-hybridized carbons (Fsp3) is 0.938. The number of hydrogen-bond donors (Lipinski definition) is 2. The van der Waals surface area contributed by atoms with Gasteiger partial charge in [-0.2, -0.15) is 0 Å². The molecule has 0 spiro atoms. The molecule has 0 aromatic heterocycles. The van der Waals surface area contributed by atoms with Crippen LogP contribution >= 0.6 is 0 Å². The molecule has 3 N–H and O–H groups in total. The molecule has 0 heterocycles. The van der Waals surface area contributed by atoms with Crippen LogP contribution in [0.15, 0.2) is 0 Å². The van der Waals surface area contributed by atoms with E-state index in [1.807, 2.05) is 0 Å². The number of carbonyl (C=O) groups excluding carboxylic acids is 1. The number of carbonyl (C=O) groups is 1. The lowest BCUT2D eigenvalue weighted by atomic mass is 9.49. The molecule has 19 heavy (non-hydrogen) atoms. The summed E-state index contributed by atoms with van der Waals surface area (Å²) in [6.07, 6.45) is 9.44. The van der Waals surface area contributed by atoms with Gasteiger partial charge in [-0.25, -0.2) is 0 Å². The minimum absolute atomic E-state index is 0.0256. The zero-order valence-corrected chi connectivity index (χ0v) is 11.7. The van der Waals surface area contributed by atoms with E-state index in [0.717, 1.165) is 36.5 Å². The van der Waals surface area contributed by atoms with Gasteiger partial charge in [-0.05, 0) is 74.5 Å². The minimum atomic E-state index is 0.0256. The van der Waals surface area contributed by atoms with Gasteiger partial charge in [0.1, 0.15) is 0 Å². The Labute approximate surface area is 115 Å². The van der Waals surface area contributed by atoms with Crippen LogP contribution in [0.3, 0.4) is 0 Å². The molecule has 1 amide bonds. The van der Waals surface area contributed by atoms with E-state index in [1.165, 1.54) is 32.1 Å².